The van der Waals surface area contributed by atoms with Crippen LogP contribution >= 0.6 is 0 Å². The molecule has 1 aliphatic heterocycles. The Morgan fingerprint density at radius 1 is 1.09 bits per heavy atom. The number of hydrogen-bond acceptors (Lipinski definition) is 4. The first-order chi connectivity index (χ1) is 10.5. The minimum atomic E-state index is -4.55. The van der Waals surface area contributed by atoms with Crippen LogP contribution < -0.4 is 9.47 Å². The van der Waals surface area contributed by atoms with E-state index in [1.54, 1.807) is 0 Å². The smallest absolute Gasteiger partial charge is 0.416 e. The van der Waals surface area contributed by atoms with Gasteiger partial charge in [0.15, 0.2) is 11.5 Å². The normalized spacial score (nSPS) is 19.6. The number of halogens is 3. The second-order valence-corrected chi connectivity index (χ2v) is 5.48. The minimum absolute atomic E-state index is 0.0288. The van der Waals surface area contributed by atoms with Gasteiger partial charge in [0.05, 0.1) is 24.3 Å². The van der Waals surface area contributed by atoms with E-state index in [0.717, 1.165) is 12.5 Å². The molecule has 1 saturated carbocycles. The van der Waals surface area contributed by atoms with Crippen LogP contribution in [-0.2, 0) is 16.5 Å². The predicted molar refractivity (Wildman–Crippen MR) is 70.7 cm³/mol. The zero-order valence-electron chi connectivity index (χ0n) is 11.7. The van der Waals surface area contributed by atoms with Gasteiger partial charge in [-0.1, -0.05) is 0 Å². The molecule has 0 aromatic heterocycles. The summed E-state index contributed by atoms with van der Waals surface area (Å²) in [4.78, 5) is 14.3. The van der Waals surface area contributed by atoms with Crippen molar-refractivity contribution < 1.29 is 27.4 Å². The number of nitrogens with zero attached hydrogens (tertiary/aromatic N) is 1. The first-order valence-electron chi connectivity index (χ1n) is 7.07. The van der Waals surface area contributed by atoms with Crippen LogP contribution in [0.25, 0.3) is 0 Å². The van der Waals surface area contributed by atoms with Gasteiger partial charge in [0.25, 0.3) is 0 Å². The molecule has 0 bridgehead atoms. The molecule has 1 aliphatic carbocycles. The maximum Gasteiger partial charge on any atom is 0.416 e. The summed E-state index contributed by atoms with van der Waals surface area (Å²) in [7, 11) is 0. The molecule has 0 amide bonds. The average Bonchev–Trinajstić information content (AvgIpc) is 2.65. The summed E-state index contributed by atoms with van der Waals surface area (Å²) >= 11 is 0. The van der Waals surface area contributed by atoms with Crippen molar-refractivity contribution in [1.82, 2.24) is 0 Å². The third-order valence-corrected chi connectivity index (χ3v) is 4.13. The molecule has 3 rings (SSSR count). The van der Waals surface area contributed by atoms with E-state index in [1.807, 2.05) is 0 Å². The van der Waals surface area contributed by atoms with E-state index in [9.17, 15) is 18.0 Å². The highest BCUT2D eigenvalue weighted by molar-refractivity contribution is 5.53. The molecule has 7 heteroatoms. The van der Waals surface area contributed by atoms with Crippen molar-refractivity contribution in [3.05, 3.63) is 23.3 Å². The molecule has 1 heterocycles. The number of fused-ring (bicyclic) bond motifs is 1. The molecule has 22 heavy (non-hydrogen) atoms. The molecule has 1 aromatic rings. The molecule has 0 radical (unpaired) electrons. The number of isocyanates is 1. The van der Waals surface area contributed by atoms with Crippen LogP contribution in [-0.4, -0.2) is 19.3 Å². The van der Waals surface area contributed by atoms with Gasteiger partial charge in [-0.2, -0.15) is 18.2 Å². The maximum absolute atomic E-state index is 13.4. The fourth-order valence-corrected chi connectivity index (χ4v) is 2.87. The Bertz CT molecular complexity index is 632. The number of aliphatic imine (C=N–C) groups is 1. The van der Waals surface area contributed by atoms with E-state index in [0.29, 0.717) is 32.5 Å². The minimum Gasteiger partial charge on any atom is -0.490 e. The molecular weight excluding hydrogens is 299 g/mol. The van der Waals surface area contributed by atoms with E-state index >= 15 is 0 Å². The maximum atomic E-state index is 13.4. The lowest BCUT2D eigenvalue weighted by molar-refractivity contribution is -0.139. The van der Waals surface area contributed by atoms with Gasteiger partial charge >= 0.3 is 6.18 Å². The van der Waals surface area contributed by atoms with Crippen LogP contribution in [0.4, 0.5) is 13.2 Å². The summed E-state index contributed by atoms with van der Waals surface area (Å²) in [6, 6.07) is 2.28. The van der Waals surface area contributed by atoms with Gasteiger partial charge in [-0.3, -0.25) is 0 Å². The molecule has 2 aliphatic rings. The first-order valence-corrected chi connectivity index (χ1v) is 7.07. The van der Waals surface area contributed by atoms with Gasteiger partial charge in [-0.15, -0.1) is 0 Å². The van der Waals surface area contributed by atoms with Gasteiger partial charge in [0.2, 0.25) is 6.08 Å². The molecule has 0 unspecified atom stereocenters. The number of carbonyl (C=O) groups excluding carboxylic acids is 1. The molecular formula is C15H14F3NO3. The molecule has 0 N–H and O–H groups in total. The van der Waals surface area contributed by atoms with Gasteiger partial charge in [0.1, 0.15) is 0 Å². The Labute approximate surface area is 124 Å². The van der Waals surface area contributed by atoms with Crippen LogP contribution in [0, 0.1) is 0 Å². The number of alkyl halides is 3. The SMILES string of the molecule is O=C=NC1(c2cc3c(cc2C(F)(F)F)OCCCO3)CCC1. The van der Waals surface area contributed by atoms with Gasteiger partial charge in [-0.05, 0) is 37.0 Å². The Morgan fingerprint density at radius 2 is 1.73 bits per heavy atom. The fourth-order valence-electron chi connectivity index (χ4n) is 2.87. The van der Waals surface area contributed by atoms with Crippen molar-refractivity contribution in [3.8, 4) is 11.5 Å². The summed E-state index contributed by atoms with van der Waals surface area (Å²) < 4.78 is 51.0. The summed E-state index contributed by atoms with van der Waals surface area (Å²) in [5.74, 6) is 0.353. The Balaban J connectivity index is 2.19. The second kappa shape index (κ2) is 5.32. The molecule has 0 spiro atoms. The topological polar surface area (TPSA) is 47.9 Å². The molecule has 0 atom stereocenters. The highest BCUT2D eigenvalue weighted by Gasteiger charge is 2.46. The third kappa shape index (κ3) is 2.46. The standard InChI is InChI=1S/C15H14F3NO3/c16-15(17,18)11-8-13-12(21-5-2-6-22-13)7-10(11)14(19-9-20)3-1-4-14/h7-8H,1-6H2. The molecule has 4 nitrogen and oxygen atoms in total. The quantitative estimate of drug-likeness (QED) is 0.619. The lowest BCUT2D eigenvalue weighted by Crippen LogP contribution is -2.34. The van der Waals surface area contributed by atoms with Crippen LogP contribution in [0.5, 0.6) is 11.5 Å². The number of ether oxygens (including phenoxy) is 2. The second-order valence-electron chi connectivity index (χ2n) is 5.48. The molecule has 118 valence electrons. The number of hydrogen-bond donors (Lipinski definition) is 0. The van der Waals surface area contributed by atoms with E-state index in [1.165, 1.54) is 12.1 Å². The number of rotatable bonds is 2. The summed E-state index contributed by atoms with van der Waals surface area (Å²) in [5, 5.41) is 0. The molecule has 0 saturated heterocycles. The van der Waals surface area contributed by atoms with Crippen molar-refractivity contribution in [2.75, 3.05) is 13.2 Å². The predicted octanol–water partition coefficient (Wildman–Crippen LogP) is 3.58. The third-order valence-electron chi connectivity index (χ3n) is 4.13. The van der Waals surface area contributed by atoms with Crippen LogP contribution in [0.15, 0.2) is 17.1 Å². The van der Waals surface area contributed by atoms with Crippen molar-refractivity contribution in [2.24, 2.45) is 4.99 Å². The van der Waals surface area contributed by atoms with E-state index in [-0.39, 0.29) is 17.1 Å². The monoisotopic (exact) mass is 313 g/mol. The zero-order chi connectivity index (χ0) is 15.8. The van der Waals surface area contributed by atoms with Crippen molar-refractivity contribution in [3.63, 3.8) is 0 Å². The van der Waals surface area contributed by atoms with Crippen molar-refractivity contribution >= 4 is 6.08 Å². The van der Waals surface area contributed by atoms with Gasteiger partial charge in [-0.25, -0.2) is 4.79 Å². The van der Waals surface area contributed by atoms with E-state index in [2.05, 4.69) is 4.99 Å². The van der Waals surface area contributed by atoms with Crippen LogP contribution in [0.2, 0.25) is 0 Å². The average molecular weight is 313 g/mol. The summed E-state index contributed by atoms with van der Waals surface area (Å²) in [6.45, 7) is 0.684. The largest absolute Gasteiger partial charge is 0.490 e. The summed E-state index contributed by atoms with van der Waals surface area (Å²) in [6.07, 6.45) is -1.03. The fraction of sp³-hybridized carbons (Fsp3) is 0.533. The lowest BCUT2D eigenvalue weighted by Gasteiger charge is -2.39. The van der Waals surface area contributed by atoms with Gasteiger partial charge < -0.3 is 9.47 Å². The van der Waals surface area contributed by atoms with E-state index in [4.69, 9.17) is 9.47 Å². The van der Waals surface area contributed by atoms with E-state index < -0.39 is 17.3 Å². The van der Waals surface area contributed by atoms with Crippen LogP contribution in [0.3, 0.4) is 0 Å². The van der Waals surface area contributed by atoms with Gasteiger partial charge in [0, 0.05) is 6.42 Å². The Hall–Kier alpha value is -2.01. The Morgan fingerprint density at radius 3 is 2.23 bits per heavy atom. The molecule has 1 fully saturated rings. The zero-order valence-corrected chi connectivity index (χ0v) is 11.7. The van der Waals surface area contributed by atoms with Crippen LogP contribution in [0.1, 0.15) is 36.8 Å². The first kappa shape index (κ1) is 14.9. The van der Waals surface area contributed by atoms with Crippen molar-refractivity contribution in [1.29, 1.82) is 0 Å². The highest BCUT2D eigenvalue weighted by Crippen LogP contribution is 2.51. The van der Waals surface area contributed by atoms with Crippen molar-refractivity contribution in [2.45, 2.75) is 37.4 Å². The Kier molecular flexibility index (Phi) is 3.60. The number of benzene rings is 1. The molecule has 1 aromatic carbocycles. The summed E-state index contributed by atoms with van der Waals surface area (Å²) in [5.41, 5.74) is -1.99. The highest BCUT2D eigenvalue weighted by atomic mass is 19.4. The lowest BCUT2D eigenvalue weighted by atomic mass is 9.70.